The van der Waals surface area contributed by atoms with Crippen molar-refractivity contribution >= 4 is 49.2 Å². The van der Waals surface area contributed by atoms with Crippen LogP contribution in [0.25, 0.3) is 64.9 Å². The molecule has 0 aliphatic heterocycles. The van der Waals surface area contributed by atoms with Gasteiger partial charge in [0.1, 0.15) is 0 Å². The molecule has 0 N–H and O–H groups in total. The number of nitrogens with zero attached hydrogens (tertiary/aromatic N) is 2. The summed E-state index contributed by atoms with van der Waals surface area (Å²) in [6.07, 6.45) is 7.93. The second kappa shape index (κ2) is 18.8. The van der Waals surface area contributed by atoms with E-state index in [1.54, 1.807) is 0 Å². The standard InChI is InChI=1S/C37H32NS.C18H24GeN.Ir/c1-37(2,28-15-9-10-16-28)29-21-22-38-33(24-29)31-20-19-30(26-13-7-4-8-14-26)35-32-18-17-27(23-34(32)39-36(31)35)25-11-5-3-6-12-25;1-14(2)11-16-12-18(15-9-7-6-8-10-15)20-13-17(16)19(3,4)5;/h3-8,11-14,17-19,21-24,28H,9-10,15-16H2,1-2H3;6-9,12-14H,11H2,1-5H3;/q2*-1;/i;11D2;. The van der Waals surface area contributed by atoms with Crippen molar-refractivity contribution in [2.45, 2.75) is 82.4 Å². The van der Waals surface area contributed by atoms with Crippen LogP contribution in [0.4, 0.5) is 0 Å². The van der Waals surface area contributed by atoms with Crippen molar-refractivity contribution < 1.29 is 22.8 Å². The molecule has 2 nitrogen and oxygen atoms in total. The molecular weight excluding hydrogens is 986 g/mol. The smallest absolute Gasteiger partial charge is 0 e. The van der Waals surface area contributed by atoms with E-state index in [1.165, 1.54) is 73.7 Å². The number of hydrogen-bond donors (Lipinski definition) is 0. The Hall–Kier alpha value is -4.19. The molecule has 3 aromatic heterocycles. The van der Waals surface area contributed by atoms with Crippen molar-refractivity contribution in [3.05, 3.63) is 163 Å². The minimum absolute atomic E-state index is 0. The summed E-state index contributed by atoms with van der Waals surface area (Å²) in [5.41, 5.74) is 11.1. The van der Waals surface area contributed by atoms with E-state index in [-0.39, 0.29) is 31.4 Å². The average Bonchev–Trinajstić information content (AvgIpc) is 3.97. The Morgan fingerprint density at radius 3 is 2.15 bits per heavy atom. The topological polar surface area (TPSA) is 25.8 Å². The zero-order chi connectivity index (χ0) is 42.9. The monoisotopic (exact) mass is 1050 g/mol. The molecule has 0 unspecified atom stereocenters. The molecule has 1 radical (unpaired) electrons. The third-order valence-corrected chi connectivity index (χ3v) is 17.4. The molecule has 1 aliphatic carbocycles. The van der Waals surface area contributed by atoms with Gasteiger partial charge in [0.15, 0.2) is 0 Å². The van der Waals surface area contributed by atoms with Crippen molar-refractivity contribution in [2.24, 2.45) is 11.8 Å². The van der Waals surface area contributed by atoms with Crippen LogP contribution in [0.1, 0.15) is 67.2 Å². The summed E-state index contributed by atoms with van der Waals surface area (Å²) in [6.45, 7) is 8.72. The summed E-state index contributed by atoms with van der Waals surface area (Å²) in [6, 6.07) is 51.6. The fraction of sp³-hybridized carbons (Fsp3) is 0.273. The summed E-state index contributed by atoms with van der Waals surface area (Å²) in [7, 11) is 0. The van der Waals surface area contributed by atoms with Gasteiger partial charge in [0.05, 0.1) is 0 Å². The summed E-state index contributed by atoms with van der Waals surface area (Å²) in [5, 5.41) is 2.60. The predicted molar refractivity (Wildman–Crippen MR) is 257 cm³/mol. The molecule has 0 atom stereocenters. The maximum atomic E-state index is 8.56. The third kappa shape index (κ3) is 9.48. The molecule has 0 bridgehead atoms. The van der Waals surface area contributed by atoms with Crippen LogP contribution in [0.3, 0.4) is 0 Å². The van der Waals surface area contributed by atoms with Crippen LogP contribution >= 0.6 is 11.3 Å². The molecule has 8 aromatic rings. The van der Waals surface area contributed by atoms with E-state index in [0.29, 0.717) is 0 Å². The number of benzene rings is 5. The summed E-state index contributed by atoms with van der Waals surface area (Å²) < 4.78 is 20.8. The molecule has 5 aromatic carbocycles. The third-order valence-electron chi connectivity index (χ3n) is 12.0. The van der Waals surface area contributed by atoms with Gasteiger partial charge in [-0.25, -0.2) is 0 Å². The maximum absolute atomic E-state index is 8.56. The molecule has 9 rings (SSSR count). The first-order valence-electron chi connectivity index (χ1n) is 22.2. The van der Waals surface area contributed by atoms with Crippen LogP contribution < -0.4 is 4.40 Å². The second-order valence-electron chi connectivity index (χ2n) is 17.9. The van der Waals surface area contributed by atoms with Gasteiger partial charge in [0, 0.05) is 31.0 Å². The molecule has 60 heavy (non-hydrogen) atoms. The van der Waals surface area contributed by atoms with Crippen molar-refractivity contribution in [3.63, 3.8) is 0 Å². The summed E-state index contributed by atoms with van der Waals surface area (Å²) >= 11 is -0.334. The Balaban J connectivity index is 0.000000215. The summed E-state index contributed by atoms with van der Waals surface area (Å²) in [5.74, 6) is 7.51. The zero-order valence-corrected chi connectivity index (χ0v) is 41.2. The van der Waals surface area contributed by atoms with Gasteiger partial charge < -0.3 is 4.98 Å². The molecule has 3 heterocycles. The second-order valence-corrected chi connectivity index (χ2v) is 29.5. The van der Waals surface area contributed by atoms with Gasteiger partial charge >= 0.3 is 128 Å². The first-order chi connectivity index (χ1) is 29.2. The number of thiophene rings is 1. The van der Waals surface area contributed by atoms with Gasteiger partial charge in [-0.05, 0) is 68.8 Å². The molecule has 0 saturated heterocycles. The minimum atomic E-state index is -2.20. The van der Waals surface area contributed by atoms with Gasteiger partial charge in [-0.1, -0.05) is 122 Å². The molecular formula is C55H56GeIrN2S-2. The maximum Gasteiger partial charge on any atom is 0 e. The zero-order valence-electron chi connectivity index (χ0n) is 37.9. The van der Waals surface area contributed by atoms with Gasteiger partial charge in [0.2, 0.25) is 0 Å². The Labute approximate surface area is 381 Å². The number of rotatable bonds is 9. The molecule has 1 fully saturated rings. The van der Waals surface area contributed by atoms with Crippen molar-refractivity contribution in [3.8, 4) is 44.8 Å². The minimum Gasteiger partial charge on any atom is 0 e. The van der Waals surface area contributed by atoms with Gasteiger partial charge in [-0.2, -0.15) is 11.3 Å². The van der Waals surface area contributed by atoms with E-state index in [2.05, 4.69) is 145 Å². The Kier molecular flexibility index (Phi) is 12.9. The van der Waals surface area contributed by atoms with E-state index in [9.17, 15) is 0 Å². The van der Waals surface area contributed by atoms with Crippen LogP contribution in [0, 0.1) is 24.0 Å². The fourth-order valence-electron chi connectivity index (χ4n) is 8.70. The number of fused-ring (bicyclic) bond motifs is 3. The van der Waals surface area contributed by atoms with Crippen LogP contribution in [-0.4, -0.2) is 23.2 Å². The fourth-order valence-corrected chi connectivity index (χ4v) is 12.9. The van der Waals surface area contributed by atoms with E-state index < -0.39 is 19.6 Å². The SMILES string of the molecule is CC(C)(c1ccnc(-c2[c-]cc(-c3ccccc3)c3c2sc2cc(-c4ccccc4)ccc23)c1)C1CCCC1.[2H]C([2H])(c1cc(-c2[c-]cccc2)nc[c]1[Ge]([CH3])([CH3])[CH3])C(C)C.[Ir]. The molecule has 1 saturated carbocycles. The van der Waals surface area contributed by atoms with E-state index in [0.717, 1.165) is 38.4 Å². The molecule has 0 amide bonds. The largest absolute Gasteiger partial charge is 0 e. The normalized spacial score (nSPS) is 14.1. The van der Waals surface area contributed by atoms with E-state index in [1.807, 2.05) is 67.9 Å². The van der Waals surface area contributed by atoms with Gasteiger partial charge in [0.25, 0.3) is 0 Å². The van der Waals surface area contributed by atoms with Crippen molar-refractivity contribution in [2.75, 3.05) is 0 Å². The Morgan fingerprint density at radius 1 is 0.783 bits per heavy atom. The molecule has 0 spiro atoms. The van der Waals surface area contributed by atoms with E-state index in [4.69, 9.17) is 7.73 Å². The van der Waals surface area contributed by atoms with Crippen molar-refractivity contribution in [1.82, 2.24) is 9.97 Å². The Morgan fingerprint density at radius 2 is 1.48 bits per heavy atom. The molecule has 1 aliphatic rings. The van der Waals surface area contributed by atoms with Crippen molar-refractivity contribution in [1.29, 1.82) is 0 Å². The van der Waals surface area contributed by atoms with Gasteiger partial charge in [-0.15, -0.1) is 17.7 Å². The van der Waals surface area contributed by atoms with E-state index >= 15 is 0 Å². The average molecular weight is 1040 g/mol. The first kappa shape index (κ1) is 41.2. The molecule has 307 valence electrons. The number of aromatic nitrogens is 2. The van der Waals surface area contributed by atoms with Crippen LogP contribution in [0.15, 0.2) is 140 Å². The Bertz CT molecular complexity index is 2770. The van der Waals surface area contributed by atoms with Crippen LogP contribution in [-0.2, 0) is 31.9 Å². The number of pyridine rings is 2. The summed E-state index contributed by atoms with van der Waals surface area (Å²) in [4.78, 5) is 9.51. The number of hydrogen-bond acceptors (Lipinski definition) is 3. The predicted octanol–water partition coefficient (Wildman–Crippen LogP) is 15.0. The van der Waals surface area contributed by atoms with Crippen LogP contribution in [0.5, 0.6) is 0 Å². The quantitative estimate of drug-likeness (QED) is 0.106. The van der Waals surface area contributed by atoms with Gasteiger partial charge in [-0.3, -0.25) is 0 Å². The molecule has 5 heteroatoms. The first-order valence-corrected chi connectivity index (χ1v) is 29.4. The van der Waals surface area contributed by atoms with Crippen LogP contribution in [0.2, 0.25) is 17.3 Å².